The highest BCUT2D eigenvalue weighted by atomic mass is 32.2. The molecule has 1 heterocycles. The number of amides is 1. The van der Waals surface area contributed by atoms with E-state index in [1.54, 1.807) is 12.1 Å². The molecule has 0 radical (unpaired) electrons. The van der Waals surface area contributed by atoms with Crippen molar-refractivity contribution in [3.05, 3.63) is 53.6 Å². The smallest absolute Gasteiger partial charge is 0.342 e. The third kappa shape index (κ3) is 4.88. The van der Waals surface area contributed by atoms with Gasteiger partial charge in [0.05, 0.1) is 17.7 Å². The van der Waals surface area contributed by atoms with E-state index in [9.17, 15) is 18.0 Å². The molecular weight excluding hydrogens is 432 g/mol. The number of sulfonamides is 1. The van der Waals surface area contributed by atoms with Crippen LogP contribution in [0.15, 0.2) is 47.4 Å². The van der Waals surface area contributed by atoms with E-state index in [1.807, 2.05) is 32.9 Å². The Bertz CT molecular complexity index is 1130. The average Bonchev–Trinajstić information content (AvgIpc) is 3.21. The molecule has 1 N–H and O–H groups in total. The number of ether oxygens (including phenoxy) is 2. The highest BCUT2D eigenvalue weighted by Gasteiger charge is 2.32. The Morgan fingerprint density at radius 1 is 1.16 bits per heavy atom. The average molecular weight is 461 g/mol. The summed E-state index contributed by atoms with van der Waals surface area (Å²) in [5.74, 6) is -1.13. The Morgan fingerprint density at radius 3 is 2.56 bits per heavy atom. The van der Waals surface area contributed by atoms with Crippen LogP contribution in [-0.2, 0) is 26.0 Å². The van der Waals surface area contributed by atoms with Gasteiger partial charge in [-0.25, -0.2) is 13.2 Å². The van der Waals surface area contributed by atoms with E-state index >= 15 is 0 Å². The lowest BCUT2D eigenvalue weighted by Crippen LogP contribution is -2.44. The van der Waals surface area contributed by atoms with Gasteiger partial charge >= 0.3 is 5.97 Å². The topological polar surface area (TPSA) is 102 Å². The first-order valence-corrected chi connectivity index (χ1v) is 11.8. The van der Waals surface area contributed by atoms with E-state index in [0.29, 0.717) is 25.1 Å². The van der Waals surface area contributed by atoms with Crippen LogP contribution in [0.1, 0.15) is 43.1 Å². The van der Waals surface area contributed by atoms with Crippen molar-refractivity contribution < 1.29 is 27.5 Å². The predicted molar refractivity (Wildman–Crippen MR) is 120 cm³/mol. The van der Waals surface area contributed by atoms with E-state index in [1.165, 1.54) is 29.6 Å². The third-order valence-corrected chi connectivity index (χ3v) is 7.33. The number of fused-ring (bicyclic) bond motifs is 1. The van der Waals surface area contributed by atoms with E-state index < -0.39 is 34.0 Å². The summed E-state index contributed by atoms with van der Waals surface area (Å²) in [7, 11) is -2.53. The highest BCUT2D eigenvalue weighted by molar-refractivity contribution is 7.92. The zero-order valence-electron chi connectivity index (χ0n) is 18.7. The summed E-state index contributed by atoms with van der Waals surface area (Å²) >= 11 is 0. The van der Waals surface area contributed by atoms with Gasteiger partial charge in [-0.2, -0.15) is 0 Å². The number of carbonyl (C=O) groups is 2. The molecule has 172 valence electrons. The van der Waals surface area contributed by atoms with Crippen LogP contribution in [0.25, 0.3) is 0 Å². The van der Waals surface area contributed by atoms with Gasteiger partial charge in [0.2, 0.25) is 0 Å². The van der Waals surface area contributed by atoms with Crippen molar-refractivity contribution in [2.45, 2.75) is 44.0 Å². The van der Waals surface area contributed by atoms with Crippen LogP contribution in [0.5, 0.6) is 5.75 Å². The van der Waals surface area contributed by atoms with E-state index in [-0.39, 0.29) is 16.2 Å². The number of nitrogens with one attached hydrogen (secondary N) is 1. The number of carbonyl (C=O) groups excluding carboxylic acids is 2. The first-order chi connectivity index (χ1) is 15.1. The van der Waals surface area contributed by atoms with Gasteiger partial charge in [0.25, 0.3) is 15.9 Å². The lowest BCUT2D eigenvalue weighted by Gasteiger charge is -2.24. The van der Waals surface area contributed by atoms with Gasteiger partial charge in [-0.05, 0) is 56.5 Å². The number of benzene rings is 2. The van der Waals surface area contributed by atoms with Gasteiger partial charge < -0.3 is 14.8 Å². The van der Waals surface area contributed by atoms with Gasteiger partial charge in [0.15, 0.2) is 6.61 Å². The number of anilines is 1. The van der Waals surface area contributed by atoms with Gasteiger partial charge in [0, 0.05) is 12.1 Å². The molecule has 32 heavy (non-hydrogen) atoms. The van der Waals surface area contributed by atoms with Crippen LogP contribution in [0.3, 0.4) is 0 Å². The Balaban J connectivity index is 1.83. The van der Waals surface area contributed by atoms with Crippen LogP contribution in [0.4, 0.5) is 5.69 Å². The van der Waals surface area contributed by atoms with Crippen LogP contribution >= 0.6 is 0 Å². The minimum atomic E-state index is -3.90. The summed E-state index contributed by atoms with van der Waals surface area (Å²) in [6.07, 6.45) is 1.32. The number of esters is 1. The van der Waals surface area contributed by atoms with Gasteiger partial charge in [-0.1, -0.05) is 25.1 Å². The molecule has 1 aliphatic rings. The third-order valence-electron chi connectivity index (χ3n) is 5.52. The molecule has 9 heteroatoms. The van der Waals surface area contributed by atoms with Crippen LogP contribution in [-0.4, -0.2) is 46.1 Å². The Labute approximate surface area is 188 Å². The lowest BCUT2D eigenvalue weighted by atomic mass is 10.0. The molecule has 0 atom stereocenters. The minimum Gasteiger partial charge on any atom is -0.496 e. The maximum atomic E-state index is 13.3. The zero-order valence-corrected chi connectivity index (χ0v) is 19.5. The molecule has 0 aromatic heterocycles. The van der Waals surface area contributed by atoms with Crippen molar-refractivity contribution in [2.75, 3.05) is 24.6 Å². The zero-order chi connectivity index (χ0) is 23.5. The van der Waals surface area contributed by atoms with Crippen LogP contribution in [0.2, 0.25) is 0 Å². The first kappa shape index (κ1) is 23.6. The van der Waals surface area contributed by atoms with Crippen LogP contribution < -0.4 is 14.4 Å². The summed E-state index contributed by atoms with van der Waals surface area (Å²) in [5, 5.41) is 2.77. The summed E-state index contributed by atoms with van der Waals surface area (Å²) in [6, 6.07) is 11.3. The molecule has 0 saturated heterocycles. The number of methoxy groups -OCH3 is 1. The normalized spacial score (nSPS) is 13.4. The van der Waals surface area contributed by atoms with Gasteiger partial charge in [-0.3, -0.25) is 9.10 Å². The van der Waals surface area contributed by atoms with Crippen molar-refractivity contribution in [3.63, 3.8) is 0 Å². The van der Waals surface area contributed by atoms with E-state index in [4.69, 9.17) is 9.47 Å². The van der Waals surface area contributed by atoms with Gasteiger partial charge in [0.1, 0.15) is 11.3 Å². The van der Waals surface area contributed by atoms with Crippen LogP contribution in [0, 0.1) is 0 Å². The van der Waals surface area contributed by atoms with Crippen molar-refractivity contribution >= 4 is 27.6 Å². The van der Waals surface area contributed by atoms with Crippen molar-refractivity contribution in [3.8, 4) is 5.75 Å². The van der Waals surface area contributed by atoms with E-state index in [0.717, 1.165) is 5.56 Å². The molecule has 1 amide bonds. The fourth-order valence-corrected chi connectivity index (χ4v) is 4.93. The second-order valence-corrected chi connectivity index (χ2v) is 10.0. The number of rotatable bonds is 8. The van der Waals surface area contributed by atoms with Gasteiger partial charge in [-0.15, -0.1) is 0 Å². The summed E-state index contributed by atoms with van der Waals surface area (Å²) in [4.78, 5) is 24.7. The summed E-state index contributed by atoms with van der Waals surface area (Å²) < 4.78 is 38.3. The molecule has 2 aromatic rings. The molecule has 8 nitrogen and oxygen atoms in total. The maximum Gasteiger partial charge on any atom is 0.342 e. The Hall–Kier alpha value is -3.07. The first-order valence-electron chi connectivity index (χ1n) is 10.4. The second-order valence-electron chi connectivity index (χ2n) is 8.18. The van der Waals surface area contributed by atoms with E-state index in [2.05, 4.69) is 5.32 Å². The second kappa shape index (κ2) is 9.20. The molecule has 1 aliphatic heterocycles. The molecule has 3 rings (SSSR count). The summed E-state index contributed by atoms with van der Waals surface area (Å²) in [6.45, 7) is 5.49. The molecule has 0 aliphatic carbocycles. The molecular formula is C23H28N2O6S. The molecule has 0 spiro atoms. The molecule has 0 bridgehead atoms. The predicted octanol–water partition coefficient (Wildman–Crippen LogP) is 2.91. The number of hydrogen-bond acceptors (Lipinski definition) is 6. The number of nitrogens with zero attached hydrogens (tertiary/aromatic N) is 1. The molecule has 0 unspecified atom stereocenters. The maximum absolute atomic E-state index is 13.3. The highest BCUT2D eigenvalue weighted by Crippen LogP contribution is 2.34. The Morgan fingerprint density at radius 2 is 1.88 bits per heavy atom. The minimum absolute atomic E-state index is 0.0569. The number of para-hydroxylation sites is 1. The molecule has 0 saturated carbocycles. The lowest BCUT2D eigenvalue weighted by molar-refractivity contribution is -0.125. The summed E-state index contributed by atoms with van der Waals surface area (Å²) in [5.41, 5.74) is 1.08. The molecule has 2 aromatic carbocycles. The Kier molecular flexibility index (Phi) is 6.78. The fraction of sp³-hybridized carbons (Fsp3) is 0.391. The molecule has 0 fully saturated rings. The fourth-order valence-electron chi connectivity index (χ4n) is 3.40. The van der Waals surface area contributed by atoms with Crippen molar-refractivity contribution in [2.24, 2.45) is 0 Å². The monoisotopic (exact) mass is 460 g/mol. The standard InChI is InChI=1S/C23H28N2O6S/c1-5-23(2,3)24-21(26)15-31-22(27)18-14-17(10-11-20(18)30-4)32(28,29)25-13-12-16-8-6-7-9-19(16)25/h6-11,14H,5,12-13,15H2,1-4H3,(H,24,26). The largest absolute Gasteiger partial charge is 0.496 e. The quantitative estimate of drug-likeness (QED) is 0.608. The van der Waals surface area contributed by atoms with Crippen molar-refractivity contribution in [1.82, 2.24) is 5.32 Å². The SMILES string of the molecule is CCC(C)(C)NC(=O)COC(=O)c1cc(S(=O)(=O)N2CCc3ccccc32)ccc1OC. The number of hydrogen-bond donors (Lipinski definition) is 1. The van der Waals surface area contributed by atoms with Crippen molar-refractivity contribution in [1.29, 1.82) is 0 Å².